The number of benzene rings is 1. The van der Waals surface area contributed by atoms with Gasteiger partial charge in [-0.3, -0.25) is 16.1 Å². The van der Waals surface area contributed by atoms with Crippen molar-refractivity contribution in [3.63, 3.8) is 0 Å². The number of rotatable bonds is 5. The Morgan fingerprint density at radius 3 is 2.35 bits per heavy atom. The molecule has 0 aliphatic heterocycles. The summed E-state index contributed by atoms with van der Waals surface area (Å²) in [5, 5.41) is 23.9. The number of nitrogens with one attached hydrogen (secondary N) is 5. The monoisotopic (exact) mass is 295 g/mol. The highest BCUT2D eigenvalue weighted by Crippen LogP contribution is 2.27. The third kappa shape index (κ3) is 6.43. The lowest BCUT2D eigenvalue weighted by Crippen LogP contribution is -2.46. The van der Waals surface area contributed by atoms with E-state index in [1.165, 1.54) is 18.4 Å². The lowest BCUT2D eigenvalue weighted by molar-refractivity contribution is 0.753. The highest BCUT2D eigenvalue weighted by atomic mass is 35.5. The van der Waals surface area contributed by atoms with E-state index in [1.54, 1.807) is 0 Å². The maximum absolute atomic E-state index is 7.68. The molecular weight excluding hydrogens is 274 g/mol. The molecule has 1 saturated carbocycles. The molecule has 0 heterocycles. The van der Waals surface area contributed by atoms with Crippen LogP contribution in [0.2, 0.25) is 0 Å². The van der Waals surface area contributed by atoms with Crippen LogP contribution in [0.1, 0.15) is 18.4 Å². The van der Waals surface area contributed by atoms with Gasteiger partial charge in [0.2, 0.25) is 0 Å². The molecule has 1 aliphatic carbocycles. The van der Waals surface area contributed by atoms with Crippen molar-refractivity contribution in [2.24, 2.45) is 5.92 Å². The predicted octanol–water partition coefficient (Wildman–Crippen LogP) is 1.70. The molecule has 0 saturated heterocycles. The van der Waals surface area contributed by atoms with Crippen LogP contribution in [0, 0.1) is 16.7 Å². The van der Waals surface area contributed by atoms with Crippen molar-refractivity contribution in [3.8, 4) is 0 Å². The van der Waals surface area contributed by atoms with Gasteiger partial charge in [-0.05, 0) is 30.7 Å². The van der Waals surface area contributed by atoms with Crippen molar-refractivity contribution < 1.29 is 0 Å². The fourth-order valence-corrected chi connectivity index (χ4v) is 1.76. The summed E-state index contributed by atoms with van der Waals surface area (Å²) in [5.41, 5.74) is 1.24. The maximum atomic E-state index is 7.68. The van der Waals surface area contributed by atoms with Crippen molar-refractivity contribution >= 4 is 24.3 Å². The minimum atomic E-state index is 0. The Labute approximate surface area is 126 Å². The van der Waals surface area contributed by atoms with E-state index in [4.69, 9.17) is 10.8 Å². The summed E-state index contributed by atoms with van der Waals surface area (Å²) in [6.07, 6.45) is 3.38. The first kappa shape index (κ1) is 16.3. The number of halogens is 1. The van der Waals surface area contributed by atoms with E-state index in [1.807, 2.05) is 18.2 Å². The molecule has 20 heavy (non-hydrogen) atoms. The van der Waals surface area contributed by atoms with E-state index >= 15 is 0 Å². The summed E-state index contributed by atoms with van der Waals surface area (Å²) in [7, 11) is 0. The van der Waals surface area contributed by atoms with Crippen LogP contribution in [0.25, 0.3) is 0 Å². The molecule has 110 valence electrons. The van der Waals surface area contributed by atoms with Gasteiger partial charge < -0.3 is 10.6 Å². The Morgan fingerprint density at radius 1 is 1.05 bits per heavy atom. The minimum Gasteiger partial charge on any atom is -0.356 e. The van der Waals surface area contributed by atoms with E-state index in [0.717, 1.165) is 18.9 Å². The van der Waals surface area contributed by atoms with Crippen molar-refractivity contribution in [2.75, 3.05) is 13.1 Å². The predicted molar refractivity (Wildman–Crippen MR) is 84.7 cm³/mol. The quantitative estimate of drug-likeness (QED) is 0.423. The first-order valence-corrected chi connectivity index (χ1v) is 6.70. The molecule has 0 aromatic heterocycles. The summed E-state index contributed by atoms with van der Waals surface area (Å²) >= 11 is 0. The van der Waals surface area contributed by atoms with Gasteiger partial charge in [0.25, 0.3) is 0 Å². The summed E-state index contributed by atoms with van der Waals surface area (Å²) in [5.74, 6) is 1.09. The van der Waals surface area contributed by atoms with Crippen LogP contribution in [0.4, 0.5) is 0 Å². The van der Waals surface area contributed by atoms with Gasteiger partial charge in [0.05, 0.1) is 0 Å². The Bertz CT molecular complexity index is 430. The highest BCUT2D eigenvalue weighted by Gasteiger charge is 2.20. The summed E-state index contributed by atoms with van der Waals surface area (Å²) in [6, 6.07) is 10.1. The largest absolute Gasteiger partial charge is 0.356 e. The lowest BCUT2D eigenvalue weighted by atomic mass is 10.1. The molecule has 1 aromatic rings. The van der Waals surface area contributed by atoms with Crippen LogP contribution in [-0.2, 0) is 6.42 Å². The average Bonchev–Trinajstić information content (AvgIpc) is 3.21. The van der Waals surface area contributed by atoms with E-state index in [-0.39, 0.29) is 24.3 Å². The molecule has 1 aliphatic rings. The summed E-state index contributed by atoms with van der Waals surface area (Å²) in [4.78, 5) is 0. The summed E-state index contributed by atoms with van der Waals surface area (Å²) in [6.45, 7) is 1.52. The van der Waals surface area contributed by atoms with Gasteiger partial charge in [-0.1, -0.05) is 30.3 Å². The summed E-state index contributed by atoms with van der Waals surface area (Å²) < 4.78 is 0. The van der Waals surface area contributed by atoms with Crippen LogP contribution >= 0.6 is 12.4 Å². The standard InChI is InChI=1S/C14H21N5.ClH/c15-13(19-14(16)18-10-12-6-7-12)17-9-8-11-4-2-1-3-5-11;/h1-5,12H,6-10H2,(H5,15,16,17,18,19);1H. The molecule has 0 amide bonds. The van der Waals surface area contributed by atoms with Gasteiger partial charge in [-0.25, -0.2) is 0 Å². The first-order chi connectivity index (χ1) is 9.24. The highest BCUT2D eigenvalue weighted by molar-refractivity contribution is 5.95. The smallest absolute Gasteiger partial charge is 0.195 e. The van der Waals surface area contributed by atoms with Crippen molar-refractivity contribution in [3.05, 3.63) is 35.9 Å². The zero-order valence-electron chi connectivity index (χ0n) is 11.4. The SMILES string of the molecule is Cl.N=C(NCCc1ccccc1)NC(=N)NCC1CC1. The lowest BCUT2D eigenvalue weighted by Gasteiger charge is -2.12. The first-order valence-electron chi connectivity index (χ1n) is 6.70. The van der Waals surface area contributed by atoms with Gasteiger partial charge in [-0.2, -0.15) is 0 Å². The maximum Gasteiger partial charge on any atom is 0.195 e. The average molecular weight is 296 g/mol. The Morgan fingerprint density at radius 2 is 1.70 bits per heavy atom. The molecule has 6 heteroatoms. The van der Waals surface area contributed by atoms with Crippen molar-refractivity contribution in [1.82, 2.24) is 16.0 Å². The van der Waals surface area contributed by atoms with Gasteiger partial charge in [0.1, 0.15) is 0 Å². The van der Waals surface area contributed by atoms with Crippen LogP contribution < -0.4 is 16.0 Å². The zero-order chi connectivity index (χ0) is 13.5. The third-order valence-corrected chi connectivity index (χ3v) is 3.07. The zero-order valence-corrected chi connectivity index (χ0v) is 12.2. The second kappa shape index (κ2) is 8.43. The molecule has 5 nitrogen and oxygen atoms in total. The minimum absolute atomic E-state index is 0. The number of hydrogen-bond acceptors (Lipinski definition) is 2. The van der Waals surface area contributed by atoms with E-state index < -0.39 is 0 Å². The van der Waals surface area contributed by atoms with Gasteiger partial charge in [-0.15, -0.1) is 12.4 Å². The van der Waals surface area contributed by atoms with Crippen LogP contribution in [0.5, 0.6) is 0 Å². The fraction of sp³-hybridized carbons (Fsp3) is 0.429. The van der Waals surface area contributed by atoms with Gasteiger partial charge in [0, 0.05) is 13.1 Å². The molecule has 1 fully saturated rings. The molecule has 0 atom stereocenters. The van der Waals surface area contributed by atoms with Gasteiger partial charge >= 0.3 is 0 Å². The fourth-order valence-electron chi connectivity index (χ4n) is 1.76. The molecule has 0 radical (unpaired) electrons. The van der Waals surface area contributed by atoms with Crippen LogP contribution in [0.15, 0.2) is 30.3 Å². The molecule has 5 N–H and O–H groups in total. The molecule has 0 bridgehead atoms. The van der Waals surface area contributed by atoms with E-state index in [9.17, 15) is 0 Å². The topological polar surface area (TPSA) is 83.8 Å². The molecule has 0 spiro atoms. The molecular formula is C14H22ClN5. The molecule has 1 aromatic carbocycles. The van der Waals surface area contributed by atoms with E-state index in [2.05, 4.69) is 28.1 Å². The normalized spacial score (nSPS) is 13.0. The van der Waals surface area contributed by atoms with Crippen LogP contribution in [-0.4, -0.2) is 25.0 Å². The third-order valence-electron chi connectivity index (χ3n) is 3.07. The molecule has 0 unspecified atom stereocenters. The van der Waals surface area contributed by atoms with Gasteiger partial charge in [0.15, 0.2) is 11.9 Å². The Balaban J connectivity index is 0.00000200. The van der Waals surface area contributed by atoms with Crippen molar-refractivity contribution in [1.29, 1.82) is 10.8 Å². The second-order valence-electron chi connectivity index (χ2n) is 4.86. The number of guanidine groups is 2. The van der Waals surface area contributed by atoms with Crippen LogP contribution in [0.3, 0.4) is 0 Å². The Kier molecular flexibility index (Phi) is 6.87. The number of hydrogen-bond donors (Lipinski definition) is 5. The van der Waals surface area contributed by atoms with Crippen molar-refractivity contribution in [2.45, 2.75) is 19.3 Å². The second-order valence-corrected chi connectivity index (χ2v) is 4.86. The van der Waals surface area contributed by atoms with E-state index in [0.29, 0.717) is 6.54 Å². The molecule has 2 rings (SSSR count). The Hall–Kier alpha value is -1.75.